The van der Waals surface area contributed by atoms with Gasteiger partial charge in [0.1, 0.15) is 11.4 Å². The lowest BCUT2D eigenvalue weighted by molar-refractivity contribution is -0.122. The molecule has 0 spiro atoms. The highest BCUT2D eigenvalue weighted by atomic mass is 16.4. The molecule has 0 saturated heterocycles. The smallest absolute Gasteiger partial charge is 0.352 e. The van der Waals surface area contributed by atoms with Gasteiger partial charge in [0.25, 0.3) is 5.56 Å². The maximum atomic E-state index is 11.6. The second-order valence-electron chi connectivity index (χ2n) is 4.46. The Bertz CT molecular complexity index is 574. The minimum atomic E-state index is -1.30. The number of nitrogens with zero attached hydrogens (tertiary/aromatic N) is 1. The summed E-state index contributed by atoms with van der Waals surface area (Å²) in [6, 6.07) is 1.95. The van der Waals surface area contributed by atoms with Crippen LogP contribution in [0.2, 0.25) is 0 Å². The van der Waals surface area contributed by atoms with Gasteiger partial charge in [0.2, 0.25) is 5.91 Å². The normalized spacial score (nSPS) is 14.1. The molecule has 1 heterocycles. The average Bonchev–Trinajstić information content (AvgIpc) is 3.14. The van der Waals surface area contributed by atoms with E-state index in [1.807, 2.05) is 0 Å². The van der Waals surface area contributed by atoms with Gasteiger partial charge in [-0.15, -0.1) is 0 Å². The van der Waals surface area contributed by atoms with Crippen LogP contribution in [0.15, 0.2) is 16.9 Å². The summed E-state index contributed by atoms with van der Waals surface area (Å²) in [5.74, 6) is -1.69. The third-order valence-electron chi connectivity index (χ3n) is 2.91. The van der Waals surface area contributed by atoms with Gasteiger partial charge in [0.05, 0.1) is 0 Å². The molecule has 3 N–H and O–H groups in total. The first-order valence-electron chi connectivity index (χ1n) is 5.94. The highest BCUT2D eigenvalue weighted by molar-refractivity contribution is 5.86. The molecule has 7 heteroatoms. The van der Waals surface area contributed by atoms with Crippen molar-refractivity contribution in [3.05, 3.63) is 28.2 Å². The number of hydrogen-bond acceptors (Lipinski definition) is 4. The van der Waals surface area contributed by atoms with Crippen LogP contribution in [0, 0.1) is 5.92 Å². The van der Waals surface area contributed by atoms with Crippen molar-refractivity contribution in [1.82, 2.24) is 9.88 Å². The Labute approximate surface area is 108 Å². The number of carboxylic acid groups (broad SMARTS) is 1. The number of rotatable bonds is 5. The Hall–Kier alpha value is -2.31. The number of carbonyl (C=O) groups is 2. The molecule has 0 bridgehead atoms. The number of hydrogen-bond donors (Lipinski definition) is 3. The second kappa shape index (κ2) is 5.13. The van der Waals surface area contributed by atoms with Crippen LogP contribution in [0.5, 0.6) is 5.75 Å². The number of carbonyl (C=O) groups excluding carboxylic acids is 1. The predicted molar refractivity (Wildman–Crippen MR) is 65.1 cm³/mol. The lowest BCUT2D eigenvalue weighted by Crippen LogP contribution is -2.33. The second-order valence-corrected chi connectivity index (χ2v) is 4.46. The number of pyridine rings is 1. The van der Waals surface area contributed by atoms with Crippen molar-refractivity contribution in [2.24, 2.45) is 5.92 Å². The molecule has 1 aromatic heterocycles. The van der Waals surface area contributed by atoms with Gasteiger partial charge >= 0.3 is 5.97 Å². The molecule has 1 aromatic rings. The summed E-state index contributed by atoms with van der Waals surface area (Å²) in [6.45, 7) is 0.236. The van der Waals surface area contributed by atoms with E-state index in [2.05, 4.69) is 5.32 Å². The van der Waals surface area contributed by atoms with Crippen molar-refractivity contribution >= 4 is 11.9 Å². The fourth-order valence-electron chi connectivity index (χ4n) is 1.77. The summed E-state index contributed by atoms with van der Waals surface area (Å²) in [5.41, 5.74) is -0.913. The predicted octanol–water partition coefficient (Wildman–Crippen LogP) is -0.222. The third-order valence-corrected chi connectivity index (χ3v) is 2.91. The van der Waals surface area contributed by atoms with Gasteiger partial charge in [-0.2, -0.15) is 0 Å². The number of aromatic hydroxyl groups is 1. The molecule has 1 saturated carbocycles. The van der Waals surface area contributed by atoms with Crippen LogP contribution in [0.3, 0.4) is 0 Å². The molecule has 1 aliphatic rings. The maximum absolute atomic E-state index is 11.6. The standard InChI is InChI=1S/C12H14N2O5/c15-8-5-9(12(18)19)14(10(16)6-8)4-3-13-11(17)7-1-2-7/h5-7,15H,1-4H2,(H,13,17)(H,18,19). The lowest BCUT2D eigenvalue weighted by Gasteiger charge is -2.10. The molecule has 1 fully saturated rings. The summed E-state index contributed by atoms with van der Waals surface area (Å²) in [5, 5.41) is 20.8. The minimum Gasteiger partial charge on any atom is -0.508 e. The van der Waals surface area contributed by atoms with Crippen molar-refractivity contribution in [2.45, 2.75) is 19.4 Å². The van der Waals surface area contributed by atoms with E-state index in [1.54, 1.807) is 0 Å². The monoisotopic (exact) mass is 266 g/mol. The van der Waals surface area contributed by atoms with Gasteiger partial charge in [-0.3, -0.25) is 9.59 Å². The molecule has 1 aliphatic carbocycles. The fourth-order valence-corrected chi connectivity index (χ4v) is 1.77. The summed E-state index contributed by atoms with van der Waals surface area (Å²) >= 11 is 0. The summed E-state index contributed by atoms with van der Waals surface area (Å²) < 4.78 is 1.01. The molecule has 0 aliphatic heterocycles. The number of amides is 1. The maximum Gasteiger partial charge on any atom is 0.352 e. The zero-order valence-corrected chi connectivity index (χ0v) is 10.1. The van der Waals surface area contributed by atoms with E-state index in [0.29, 0.717) is 0 Å². The average molecular weight is 266 g/mol. The molecular weight excluding hydrogens is 252 g/mol. The topological polar surface area (TPSA) is 109 Å². The van der Waals surface area contributed by atoms with Crippen molar-refractivity contribution in [1.29, 1.82) is 0 Å². The van der Waals surface area contributed by atoms with Crippen LogP contribution >= 0.6 is 0 Å². The molecule has 0 aromatic carbocycles. The highest BCUT2D eigenvalue weighted by Crippen LogP contribution is 2.28. The van der Waals surface area contributed by atoms with Crippen LogP contribution in [-0.4, -0.2) is 33.2 Å². The van der Waals surface area contributed by atoms with E-state index in [9.17, 15) is 19.5 Å². The first kappa shape index (κ1) is 13.1. The van der Waals surface area contributed by atoms with E-state index in [1.165, 1.54) is 0 Å². The first-order chi connectivity index (χ1) is 8.99. The van der Waals surface area contributed by atoms with Crippen LogP contribution < -0.4 is 10.9 Å². The zero-order chi connectivity index (χ0) is 14.0. The Balaban J connectivity index is 2.08. The number of carboxylic acids is 1. The van der Waals surface area contributed by atoms with Crippen LogP contribution in [0.25, 0.3) is 0 Å². The van der Waals surface area contributed by atoms with Gasteiger partial charge in [0, 0.05) is 31.1 Å². The molecule has 0 atom stereocenters. The van der Waals surface area contributed by atoms with Gasteiger partial charge < -0.3 is 20.1 Å². The van der Waals surface area contributed by atoms with Crippen molar-refractivity contribution in [2.75, 3.05) is 6.54 Å². The van der Waals surface area contributed by atoms with Gasteiger partial charge in [0.15, 0.2) is 0 Å². The Morgan fingerprint density at radius 2 is 2.05 bits per heavy atom. The molecule has 19 heavy (non-hydrogen) atoms. The first-order valence-corrected chi connectivity index (χ1v) is 5.94. The van der Waals surface area contributed by atoms with Crippen molar-refractivity contribution in [3.63, 3.8) is 0 Å². The minimum absolute atomic E-state index is 0.0548. The van der Waals surface area contributed by atoms with Crippen LogP contribution in [0.1, 0.15) is 23.3 Å². The van der Waals surface area contributed by atoms with Crippen LogP contribution in [-0.2, 0) is 11.3 Å². The summed E-state index contributed by atoms with van der Waals surface area (Å²) in [4.78, 5) is 34.0. The van der Waals surface area contributed by atoms with Gasteiger partial charge in [-0.1, -0.05) is 0 Å². The molecule has 7 nitrogen and oxygen atoms in total. The number of nitrogens with one attached hydrogen (secondary N) is 1. The number of aromatic nitrogens is 1. The van der Waals surface area contributed by atoms with E-state index < -0.39 is 11.5 Å². The Kier molecular flexibility index (Phi) is 3.55. The van der Waals surface area contributed by atoms with E-state index >= 15 is 0 Å². The summed E-state index contributed by atoms with van der Waals surface area (Å²) in [7, 11) is 0. The lowest BCUT2D eigenvalue weighted by atomic mass is 10.3. The molecule has 102 valence electrons. The summed E-state index contributed by atoms with van der Waals surface area (Å²) in [6.07, 6.45) is 1.76. The molecule has 1 amide bonds. The van der Waals surface area contributed by atoms with E-state index in [0.717, 1.165) is 29.5 Å². The van der Waals surface area contributed by atoms with Crippen molar-refractivity contribution in [3.8, 4) is 5.75 Å². The largest absolute Gasteiger partial charge is 0.508 e. The Morgan fingerprint density at radius 1 is 1.37 bits per heavy atom. The molecule has 2 rings (SSSR count). The van der Waals surface area contributed by atoms with E-state index in [4.69, 9.17) is 5.11 Å². The SMILES string of the molecule is O=C(O)c1cc(O)cc(=O)n1CCNC(=O)C1CC1. The van der Waals surface area contributed by atoms with Crippen LogP contribution in [0.4, 0.5) is 0 Å². The molecule has 0 radical (unpaired) electrons. The highest BCUT2D eigenvalue weighted by Gasteiger charge is 2.29. The molecule has 0 unspecified atom stereocenters. The van der Waals surface area contributed by atoms with Gasteiger partial charge in [-0.25, -0.2) is 4.79 Å². The zero-order valence-electron chi connectivity index (χ0n) is 10.1. The quantitative estimate of drug-likeness (QED) is 0.682. The van der Waals surface area contributed by atoms with Gasteiger partial charge in [-0.05, 0) is 12.8 Å². The van der Waals surface area contributed by atoms with E-state index in [-0.39, 0.29) is 36.4 Å². The third kappa shape index (κ3) is 3.12. The number of aromatic carboxylic acids is 1. The Morgan fingerprint density at radius 3 is 2.63 bits per heavy atom. The fraction of sp³-hybridized carbons (Fsp3) is 0.417. The van der Waals surface area contributed by atoms with Crippen molar-refractivity contribution < 1.29 is 19.8 Å². The molecular formula is C12H14N2O5.